The van der Waals surface area contributed by atoms with Gasteiger partial charge in [-0.3, -0.25) is 0 Å². The lowest BCUT2D eigenvalue weighted by atomic mass is 9.94. The Kier molecular flexibility index (Phi) is 4.61. The molecule has 2 aromatic carbocycles. The number of aromatic nitrogens is 2. The van der Waals surface area contributed by atoms with E-state index in [2.05, 4.69) is 52.5 Å². The number of imidazole rings is 1. The molecular weight excluding hydrogens is 324 g/mol. The molecule has 1 saturated heterocycles. The molecule has 5 nitrogen and oxygen atoms in total. The molecule has 1 aromatic heterocycles. The molecule has 1 aliphatic rings. The van der Waals surface area contributed by atoms with Gasteiger partial charge in [-0.25, -0.2) is 9.78 Å². The summed E-state index contributed by atoms with van der Waals surface area (Å²) < 4.78 is 0. The largest absolute Gasteiger partial charge is 0.348 e. The number of carbonyl (C=O) groups excluding carboxylic acids is 1. The van der Waals surface area contributed by atoms with Gasteiger partial charge in [-0.1, -0.05) is 42.5 Å². The third-order valence-electron chi connectivity index (χ3n) is 5.37. The van der Waals surface area contributed by atoms with Crippen LogP contribution in [0.15, 0.2) is 55.0 Å². The Morgan fingerprint density at radius 3 is 2.73 bits per heavy atom. The summed E-state index contributed by atoms with van der Waals surface area (Å²) in [5.41, 5.74) is 2.33. The van der Waals surface area contributed by atoms with Gasteiger partial charge >= 0.3 is 6.03 Å². The lowest BCUT2D eigenvalue weighted by Crippen LogP contribution is -2.44. The van der Waals surface area contributed by atoms with E-state index in [4.69, 9.17) is 0 Å². The van der Waals surface area contributed by atoms with Gasteiger partial charge in [-0.2, -0.15) is 0 Å². The van der Waals surface area contributed by atoms with Crippen LogP contribution in [0, 0.1) is 0 Å². The molecular formula is C21H24N4O. The number of H-pyrrole nitrogens is 1. The number of carbonyl (C=O) groups is 1. The van der Waals surface area contributed by atoms with Crippen LogP contribution in [-0.4, -0.2) is 34.0 Å². The molecule has 0 spiro atoms. The number of hydrogen-bond donors (Lipinski definition) is 2. The number of rotatable bonds is 3. The first kappa shape index (κ1) is 16.6. The molecule has 0 aliphatic carbocycles. The van der Waals surface area contributed by atoms with Gasteiger partial charge in [0.25, 0.3) is 0 Å². The first-order chi connectivity index (χ1) is 12.7. The van der Waals surface area contributed by atoms with Crippen LogP contribution >= 0.6 is 0 Å². The summed E-state index contributed by atoms with van der Waals surface area (Å²) in [6.45, 7) is 3.60. The van der Waals surface area contributed by atoms with E-state index in [1.54, 1.807) is 6.33 Å². The van der Waals surface area contributed by atoms with Crippen LogP contribution in [0.25, 0.3) is 10.8 Å². The summed E-state index contributed by atoms with van der Waals surface area (Å²) in [5, 5.41) is 5.57. The van der Waals surface area contributed by atoms with Gasteiger partial charge in [0, 0.05) is 30.9 Å². The van der Waals surface area contributed by atoms with Crippen molar-refractivity contribution in [1.82, 2.24) is 20.2 Å². The van der Waals surface area contributed by atoms with Crippen molar-refractivity contribution >= 4 is 16.8 Å². The molecule has 26 heavy (non-hydrogen) atoms. The fourth-order valence-electron chi connectivity index (χ4n) is 3.87. The molecule has 5 heteroatoms. The summed E-state index contributed by atoms with van der Waals surface area (Å²) in [7, 11) is 0. The predicted molar refractivity (Wildman–Crippen MR) is 103 cm³/mol. The number of nitrogens with zero attached hydrogens (tertiary/aromatic N) is 2. The maximum atomic E-state index is 12.7. The van der Waals surface area contributed by atoms with E-state index >= 15 is 0 Å². The number of aromatic amines is 1. The number of likely N-dealkylation sites (tertiary alicyclic amines) is 1. The molecule has 0 radical (unpaired) electrons. The van der Waals surface area contributed by atoms with E-state index in [1.165, 1.54) is 16.5 Å². The van der Waals surface area contributed by atoms with Crippen molar-refractivity contribution in [2.75, 3.05) is 13.1 Å². The van der Waals surface area contributed by atoms with Crippen LogP contribution in [0.2, 0.25) is 0 Å². The van der Waals surface area contributed by atoms with Crippen molar-refractivity contribution in [2.24, 2.45) is 0 Å². The average molecular weight is 348 g/mol. The lowest BCUT2D eigenvalue weighted by Gasteiger charge is -2.32. The second-order valence-corrected chi connectivity index (χ2v) is 7.01. The number of urea groups is 1. The Labute approximate surface area is 153 Å². The molecule has 0 saturated carbocycles. The van der Waals surface area contributed by atoms with E-state index < -0.39 is 0 Å². The highest BCUT2D eigenvalue weighted by Gasteiger charge is 2.25. The normalized spacial score (nSPS) is 16.6. The zero-order valence-electron chi connectivity index (χ0n) is 15.0. The fraction of sp³-hybridized carbons (Fsp3) is 0.333. The van der Waals surface area contributed by atoms with Gasteiger partial charge in [0.05, 0.1) is 12.4 Å². The molecule has 3 aromatic rings. The van der Waals surface area contributed by atoms with E-state index in [-0.39, 0.29) is 12.1 Å². The highest BCUT2D eigenvalue weighted by atomic mass is 16.2. The van der Waals surface area contributed by atoms with Gasteiger partial charge in [0.15, 0.2) is 0 Å². The summed E-state index contributed by atoms with van der Waals surface area (Å²) in [6, 6.07) is 14.5. The van der Waals surface area contributed by atoms with E-state index in [1.807, 2.05) is 23.2 Å². The second kappa shape index (κ2) is 7.20. The van der Waals surface area contributed by atoms with Crippen LogP contribution in [0.3, 0.4) is 0 Å². The Hall–Kier alpha value is -2.82. The van der Waals surface area contributed by atoms with Crippen molar-refractivity contribution < 1.29 is 4.79 Å². The maximum Gasteiger partial charge on any atom is 0.317 e. The second-order valence-electron chi connectivity index (χ2n) is 7.01. The molecule has 1 fully saturated rings. The summed E-state index contributed by atoms with van der Waals surface area (Å²) in [4.78, 5) is 21.9. The first-order valence-electron chi connectivity index (χ1n) is 9.24. The van der Waals surface area contributed by atoms with Gasteiger partial charge in [0.2, 0.25) is 0 Å². The molecule has 134 valence electrons. The lowest BCUT2D eigenvalue weighted by molar-refractivity contribution is 0.178. The van der Waals surface area contributed by atoms with Crippen molar-refractivity contribution in [3.63, 3.8) is 0 Å². The Balaban J connectivity index is 1.40. The SMILES string of the molecule is C[C@@H](NC(=O)N1CCC(c2cnc[nH]2)CC1)c1cccc2ccccc12. The van der Waals surface area contributed by atoms with Crippen LogP contribution in [0.5, 0.6) is 0 Å². The van der Waals surface area contributed by atoms with Gasteiger partial charge < -0.3 is 15.2 Å². The molecule has 0 bridgehead atoms. The van der Waals surface area contributed by atoms with Gasteiger partial charge in [0.1, 0.15) is 0 Å². The zero-order valence-corrected chi connectivity index (χ0v) is 15.0. The zero-order chi connectivity index (χ0) is 17.9. The van der Waals surface area contributed by atoms with Gasteiger partial charge in [-0.05, 0) is 36.1 Å². The predicted octanol–water partition coefficient (Wildman–Crippen LogP) is 4.21. The number of fused-ring (bicyclic) bond motifs is 1. The van der Waals surface area contributed by atoms with Crippen LogP contribution in [0.4, 0.5) is 4.79 Å². The van der Waals surface area contributed by atoms with Crippen molar-refractivity contribution in [1.29, 1.82) is 0 Å². The van der Waals surface area contributed by atoms with Crippen molar-refractivity contribution in [2.45, 2.75) is 31.7 Å². The molecule has 4 rings (SSSR count). The van der Waals surface area contributed by atoms with Crippen LogP contribution in [0.1, 0.15) is 43.0 Å². The van der Waals surface area contributed by atoms with E-state index in [9.17, 15) is 4.79 Å². The minimum absolute atomic E-state index is 0.0218. The Bertz CT molecular complexity index is 877. The Morgan fingerprint density at radius 1 is 1.19 bits per heavy atom. The highest BCUT2D eigenvalue weighted by molar-refractivity contribution is 5.86. The number of amides is 2. The third-order valence-corrected chi connectivity index (χ3v) is 5.37. The molecule has 0 unspecified atom stereocenters. The first-order valence-corrected chi connectivity index (χ1v) is 9.24. The molecule has 1 atom stereocenters. The molecule has 2 heterocycles. The van der Waals surface area contributed by atoms with Gasteiger partial charge in [-0.15, -0.1) is 0 Å². The number of benzene rings is 2. The van der Waals surface area contributed by atoms with E-state index in [0.29, 0.717) is 5.92 Å². The molecule has 1 aliphatic heterocycles. The number of hydrogen-bond acceptors (Lipinski definition) is 2. The van der Waals surface area contributed by atoms with Crippen molar-refractivity contribution in [3.05, 3.63) is 66.2 Å². The van der Waals surface area contributed by atoms with Crippen molar-refractivity contribution in [3.8, 4) is 0 Å². The van der Waals surface area contributed by atoms with Crippen LogP contribution in [-0.2, 0) is 0 Å². The average Bonchev–Trinajstić information content (AvgIpc) is 3.22. The summed E-state index contributed by atoms with van der Waals surface area (Å²) in [6.07, 6.45) is 5.56. The smallest absolute Gasteiger partial charge is 0.317 e. The van der Waals surface area contributed by atoms with Crippen LogP contribution < -0.4 is 5.32 Å². The minimum atomic E-state index is -0.0288. The third kappa shape index (κ3) is 3.29. The minimum Gasteiger partial charge on any atom is -0.348 e. The quantitative estimate of drug-likeness (QED) is 0.745. The Morgan fingerprint density at radius 2 is 1.96 bits per heavy atom. The number of piperidine rings is 1. The highest BCUT2D eigenvalue weighted by Crippen LogP contribution is 2.27. The monoisotopic (exact) mass is 348 g/mol. The fourth-order valence-corrected chi connectivity index (χ4v) is 3.87. The summed E-state index contributed by atoms with van der Waals surface area (Å²) in [5.74, 6) is 0.469. The summed E-state index contributed by atoms with van der Waals surface area (Å²) >= 11 is 0. The molecule has 2 N–H and O–H groups in total. The standard InChI is InChI=1S/C21H24N4O/c1-15(18-8-4-6-16-5-2-3-7-19(16)18)24-21(26)25-11-9-17(10-12-25)20-13-22-14-23-20/h2-8,13-15,17H,9-12H2,1H3,(H,22,23)(H,24,26)/t15-/m1/s1. The topological polar surface area (TPSA) is 61.0 Å². The molecule has 2 amide bonds. The maximum absolute atomic E-state index is 12.7. The number of nitrogens with one attached hydrogen (secondary N) is 2. The van der Waals surface area contributed by atoms with E-state index in [0.717, 1.165) is 31.5 Å².